The maximum absolute atomic E-state index is 9.77. The second-order valence-electron chi connectivity index (χ2n) is 3.13. The Morgan fingerprint density at radius 3 is 0.591 bits per heavy atom. The van der Waals surface area contributed by atoms with Crippen LogP contribution in [0.5, 0.6) is 0 Å². The number of aliphatic hydroxyl groups excluding tert-OH is 4. The molecule has 0 aliphatic rings. The van der Waals surface area contributed by atoms with E-state index in [9.17, 15) is 19.2 Å². The number of aliphatic carboxylic acids is 4. The summed E-state index contributed by atoms with van der Waals surface area (Å²) >= 11 is 0. The van der Waals surface area contributed by atoms with Crippen LogP contribution in [-0.2, 0) is 53.3 Å². The van der Waals surface area contributed by atoms with Crippen molar-refractivity contribution in [3.63, 3.8) is 0 Å². The van der Waals surface area contributed by atoms with E-state index in [-0.39, 0.29) is 34.1 Å². The van der Waals surface area contributed by atoms with Gasteiger partial charge in [0, 0.05) is 34.1 Å². The number of hydrogen-bond acceptors (Lipinski definition) is 8. The van der Waals surface area contributed by atoms with Crippen molar-refractivity contribution in [1.82, 2.24) is 0 Å². The molecule has 0 aliphatic carbocycles. The van der Waals surface area contributed by atoms with Gasteiger partial charge < -0.3 is 40.9 Å². The summed E-state index contributed by atoms with van der Waals surface area (Å²) in [4.78, 5) is 39.1. The molecule has 0 fully saturated rings. The first-order chi connectivity index (χ1) is 8.93. The minimum Gasteiger partial charge on any atom is -0.479 e. The molecule has 0 heterocycles. The van der Waals surface area contributed by atoms with Gasteiger partial charge in [-0.05, 0) is 0 Å². The van der Waals surface area contributed by atoms with Crippen LogP contribution < -0.4 is 0 Å². The predicted octanol–water partition coefficient (Wildman–Crippen LogP) is -4.25. The molecule has 0 saturated heterocycles. The quantitative estimate of drug-likeness (QED) is 0.188. The third kappa shape index (κ3) is 11.4. The Bertz CT molecular complexity index is 313. The van der Waals surface area contributed by atoms with Gasteiger partial charge in [-0.1, -0.05) is 0 Å². The topological polar surface area (TPSA) is 230 Å². The summed E-state index contributed by atoms with van der Waals surface area (Å²) in [5, 5.41) is 65.1. The molecule has 0 saturated carbocycles. The minimum atomic E-state index is -2.27. The third-order valence-corrected chi connectivity index (χ3v) is 1.61. The van der Waals surface area contributed by atoms with Crippen LogP contribution in [-0.4, -0.2) is 89.1 Å². The van der Waals surface area contributed by atoms with E-state index in [0.717, 1.165) is 0 Å². The van der Waals surface area contributed by atoms with Gasteiger partial charge in [0.05, 0.1) is 0 Å². The van der Waals surface area contributed by atoms with Gasteiger partial charge in [0.15, 0.2) is 24.4 Å². The van der Waals surface area contributed by atoms with Crippen LogP contribution in [0.2, 0.25) is 0 Å². The number of carboxylic acid groups (broad SMARTS) is 4. The van der Waals surface area contributed by atoms with Gasteiger partial charge in [0.25, 0.3) is 0 Å². The van der Waals surface area contributed by atoms with Gasteiger partial charge in [-0.3, -0.25) is 0 Å². The van der Waals surface area contributed by atoms with Crippen molar-refractivity contribution in [2.75, 3.05) is 0 Å². The summed E-state index contributed by atoms with van der Waals surface area (Å²) in [6.45, 7) is 0. The summed E-state index contributed by atoms with van der Waals surface area (Å²) in [5.41, 5.74) is 0. The fourth-order valence-electron chi connectivity index (χ4n) is 0.540. The zero-order valence-corrected chi connectivity index (χ0v) is 12.0. The molecule has 8 N–H and O–H groups in total. The maximum atomic E-state index is 9.77. The number of carboxylic acids is 4. The van der Waals surface area contributed by atoms with Gasteiger partial charge in [-0.15, -0.1) is 0 Å². The number of hydrogen-bond donors (Lipinski definition) is 8. The van der Waals surface area contributed by atoms with Crippen molar-refractivity contribution in [1.29, 1.82) is 0 Å². The molecule has 0 aromatic heterocycles. The van der Waals surface area contributed by atoms with E-state index < -0.39 is 48.3 Å². The van der Waals surface area contributed by atoms with Crippen molar-refractivity contribution in [3.8, 4) is 0 Å². The number of carbonyl (C=O) groups is 4. The normalized spacial score (nSPS) is 14.4. The molecule has 0 amide bonds. The zero-order valence-electron chi connectivity index (χ0n) is 10.1. The largest absolute Gasteiger partial charge is 0.479 e. The van der Waals surface area contributed by atoms with Crippen LogP contribution in [0.1, 0.15) is 0 Å². The molecule has 2 radical (unpaired) electrons. The Balaban J connectivity index is -0.000000135. The smallest absolute Gasteiger partial charge is 0.335 e. The first kappa shape index (κ1) is 28.9. The van der Waals surface area contributed by atoms with Crippen molar-refractivity contribution < 1.29 is 94.2 Å². The van der Waals surface area contributed by atoms with Crippen LogP contribution in [0.3, 0.4) is 0 Å². The third-order valence-electron chi connectivity index (χ3n) is 1.61. The van der Waals surface area contributed by atoms with Gasteiger partial charge >= 0.3 is 23.9 Å². The van der Waals surface area contributed by atoms with Crippen LogP contribution in [0, 0.1) is 0 Å². The molecule has 4 atom stereocenters. The predicted molar refractivity (Wildman–Crippen MR) is 54.6 cm³/mol. The van der Waals surface area contributed by atoms with Crippen molar-refractivity contribution in [2.45, 2.75) is 24.4 Å². The average Bonchev–Trinajstić information content (AvgIpc) is 2.35. The second kappa shape index (κ2) is 13.4. The molecule has 0 spiro atoms. The fourth-order valence-corrected chi connectivity index (χ4v) is 0.540. The average molecular weight is 427 g/mol. The maximum Gasteiger partial charge on any atom is 0.335 e. The summed E-state index contributed by atoms with van der Waals surface area (Å²) < 4.78 is 0. The van der Waals surface area contributed by atoms with Crippen LogP contribution in [0.15, 0.2) is 0 Å². The Morgan fingerprint density at radius 1 is 0.455 bits per heavy atom. The van der Waals surface area contributed by atoms with E-state index in [1.807, 2.05) is 0 Å². The van der Waals surface area contributed by atoms with Crippen molar-refractivity contribution in [3.05, 3.63) is 0 Å². The second-order valence-corrected chi connectivity index (χ2v) is 3.13. The number of aliphatic hydroxyl groups is 4. The molecule has 14 heteroatoms. The molecule has 0 bridgehead atoms. The molecule has 0 aromatic carbocycles. The van der Waals surface area contributed by atoms with Gasteiger partial charge in [-0.2, -0.15) is 0 Å². The van der Waals surface area contributed by atoms with E-state index in [4.69, 9.17) is 40.9 Å². The fraction of sp³-hybridized carbons (Fsp3) is 0.500. The first-order valence-electron chi connectivity index (χ1n) is 4.57. The van der Waals surface area contributed by atoms with Gasteiger partial charge in [-0.25, -0.2) is 19.2 Å². The summed E-state index contributed by atoms with van der Waals surface area (Å²) in [7, 11) is 0. The molecule has 22 heavy (non-hydrogen) atoms. The molecule has 0 rings (SSSR count). The molecule has 0 aromatic rings. The standard InChI is InChI=1S/2C4H6O6.2Cu/c2*5-1(3(7)8)2(6)4(9)10;;/h2*1-2,5-6H,(H,7,8)(H,9,10);;. The molecular weight excluding hydrogens is 415 g/mol. The van der Waals surface area contributed by atoms with E-state index in [1.54, 1.807) is 0 Å². The van der Waals surface area contributed by atoms with Crippen LogP contribution in [0.4, 0.5) is 0 Å². The molecule has 4 unspecified atom stereocenters. The Kier molecular flexibility index (Phi) is 17.6. The molecule has 0 aliphatic heterocycles. The van der Waals surface area contributed by atoms with E-state index >= 15 is 0 Å². The Labute approximate surface area is 142 Å². The zero-order chi connectivity index (χ0) is 16.6. The van der Waals surface area contributed by atoms with Crippen molar-refractivity contribution >= 4 is 23.9 Å². The van der Waals surface area contributed by atoms with E-state index in [0.29, 0.717) is 0 Å². The molecular formula is C8H12Cu2O12. The van der Waals surface area contributed by atoms with Gasteiger partial charge in [0.2, 0.25) is 0 Å². The van der Waals surface area contributed by atoms with Crippen LogP contribution in [0.25, 0.3) is 0 Å². The van der Waals surface area contributed by atoms with E-state index in [2.05, 4.69) is 0 Å². The number of rotatable bonds is 6. The first-order valence-corrected chi connectivity index (χ1v) is 4.57. The van der Waals surface area contributed by atoms with Gasteiger partial charge in [0.1, 0.15) is 0 Å². The monoisotopic (exact) mass is 426 g/mol. The van der Waals surface area contributed by atoms with E-state index in [1.165, 1.54) is 0 Å². The Hall–Kier alpha value is -1.24. The summed E-state index contributed by atoms with van der Waals surface area (Å²) in [6, 6.07) is 0. The summed E-state index contributed by atoms with van der Waals surface area (Å²) in [6.07, 6.45) is -9.06. The summed E-state index contributed by atoms with van der Waals surface area (Å²) in [5.74, 6) is -7.07. The Morgan fingerprint density at radius 2 is 0.545 bits per heavy atom. The minimum absolute atomic E-state index is 0. The SMILES string of the molecule is O=C(O)C(O)C(O)C(=O)O.O=C(O)C(O)C(O)C(=O)O.[Cu].[Cu]. The van der Waals surface area contributed by atoms with Crippen LogP contribution >= 0.6 is 0 Å². The molecule has 12 nitrogen and oxygen atoms in total. The van der Waals surface area contributed by atoms with Crippen molar-refractivity contribution in [2.24, 2.45) is 0 Å². The molecule has 138 valence electrons.